The number of methoxy groups -OCH3 is 2. The quantitative estimate of drug-likeness (QED) is 0.184. The van der Waals surface area contributed by atoms with Crippen molar-refractivity contribution in [2.24, 2.45) is 5.41 Å². The molecule has 0 heterocycles. The Morgan fingerprint density at radius 1 is 1.00 bits per heavy atom. The molecule has 0 amide bonds. The number of alkyl halides is 4. The van der Waals surface area contributed by atoms with E-state index in [0.29, 0.717) is 11.1 Å². The van der Waals surface area contributed by atoms with Crippen LogP contribution in [0.15, 0.2) is 48.5 Å². The number of hydrogen-bond donors (Lipinski definition) is 0. The number of benzene rings is 2. The minimum absolute atomic E-state index is 0.0104. The van der Waals surface area contributed by atoms with Gasteiger partial charge < -0.3 is 18.4 Å². The predicted molar refractivity (Wildman–Crippen MR) is 124 cm³/mol. The Labute approximate surface area is 213 Å². The van der Waals surface area contributed by atoms with Gasteiger partial charge in [0.1, 0.15) is 11.5 Å². The second-order valence-corrected chi connectivity index (χ2v) is 10.8. The number of rotatable bonds is 9. The van der Waals surface area contributed by atoms with Crippen LogP contribution in [-0.2, 0) is 40.1 Å². The molecule has 0 fully saturated rings. The first kappa shape index (κ1) is 27.8. The van der Waals surface area contributed by atoms with Gasteiger partial charge in [0.25, 0.3) is 0 Å². The SMILES string of the molecule is COC(=O)C1(C(=O)OC)Cc2ccccc2C1(Br)Oc1cccc(OS(=O)(=O)CCCC(F)(F)F)c1. The zero-order valence-electron chi connectivity index (χ0n) is 19.1. The summed E-state index contributed by atoms with van der Waals surface area (Å²) in [5.41, 5.74) is -0.961. The van der Waals surface area contributed by atoms with Gasteiger partial charge in [0.15, 0.2) is 0 Å². The molecule has 0 aliphatic heterocycles. The summed E-state index contributed by atoms with van der Waals surface area (Å²) in [5, 5.41) is 0. The van der Waals surface area contributed by atoms with Crippen molar-refractivity contribution in [2.75, 3.05) is 20.0 Å². The molecule has 0 saturated heterocycles. The van der Waals surface area contributed by atoms with E-state index >= 15 is 0 Å². The van der Waals surface area contributed by atoms with Crippen LogP contribution in [0.3, 0.4) is 0 Å². The summed E-state index contributed by atoms with van der Waals surface area (Å²) >= 11 is 3.44. The monoisotopic (exact) mass is 594 g/mol. The lowest BCUT2D eigenvalue weighted by atomic mass is 9.82. The van der Waals surface area contributed by atoms with E-state index in [-0.39, 0.29) is 17.9 Å². The Morgan fingerprint density at radius 3 is 2.22 bits per heavy atom. The van der Waals surface area contributed by atoms with Crippen molar-refractivity contribution in [3.8, 4) is 11.5 Å². The third-order valence-electron chi connectivity index (χ3n) is 5.58. The Hall–Kier alpha value is -2.80. The molecule has 196 valence electrons. The first-order valence-corrected chi connectivity index (χ1v) is 12.9. The van der Waals surface area contributed by atoms with Crippen LogP contribution < -0.4 is 8.92 Å². The fourth-order valence-electron chi connectivity index (χ4n) is 3.99. The lowest BCUT2D eigenvalue weighted by Gasteiger charge is -2.37. The van der Waals surface area contributed by atoms with Crippen molar-refractivity contribution in [3.63, 3.8) is 0 Å². The first-order valence-electron chi connectivity index (χ1n) is 10.5. The smallest absolute Gasteiger partial charge is 0.389 e. The zero-order valence-corrected chi connectivity index (χ0v) is 21.5. The third kappa shape index (κ3) is 5.46. The maximum Gasteiger partial charge on any atom is 0.389 e. The average Bonchev–Trinajstić information content (AvgIpc) is 3.06. The van der Waals surface area contributed by atoms with Crippen molar-refractivity contribution < 1.29 is 49.6 Å². The molecule has 2 aromatic rings. The number of halogens is 4. The van der Waals surface area contributed by atoms with Crippen molar-refractivity contribution >= 4 is 38.0 Å². The number of carbonyl (C=O) groups is 2. The van der Waals surface area contributed by atoms with Crippen molar-refractivity contribution in [1.29, 1.82) is 0 Å². The van der Waals surface area contributed by atoms with Gasteiger partial charge in [0, 0.05) is 24.5 Å². The maximum absolute atomic E-state index is 13.0. The van der Waals surface area contributed by atoms with E-state index in [1.165, 1.54) is 24.3 Å². The molecule has 0 bridgehead atoms. The highest BCUT2D eigenvalue weighted by Crippen LogP contribution is 2.58. The Bertz CT molecular complexity index is 1230. The summed E-state index contributed by atoms with van der Waals surface area (Å²) in [6.45, 7) is 0. The van der Waals surface area contributed by atoms with Gasteiger partial charge in [0.2, 0.25) is 9.93 Å². The fourth-order valence-corrected chi connectivity index (χ4v) is 6.00. The van der Waals surface area contributed by atoms with E-state index in [9.17, 15) is 31.2 Å². The van der Waals surface area contributed by atoms with Crippen LogP contribution in [0.1, 0.15) is 24.0 Å². The lowest BCUT2D eigenvalue weighted by Crippen LogP contribution is -2.54. The second-order valence-electron chi connectivity index (χ2n) is 7.96. The van der Waals surface area contributed by atoms with Crippen LogP contribution in [-0.4, -0.2) is 46.5 Å². The number of esters is 2. The summed E-state index contributed by atoms with van der Waals surface area (Å²) in [5.74, 6) is -2.95. The molecule has 1 aliphatic rings. The molecule has 3 rings (SSSR count). The van der Waals surface area contributed by atoms with E-state index in [2.05, 4.69) is 15.9 Å². The molecule has 1 unspecified atom stereocenters. The van der Waals surface area contributed by atoms with Crippen molar-refractivity contribution in [1.82, 2.24) is 0 Å². The molecule has 2 aromatic carbocycles. The van der Waals surface area contributed by atoms with E-state index in [4.69, 9.17) is 18.4 Å². The van der Waals surface area contributed by atoms with Crippen molar-refractivity contribution in [2.45, 2.75) is 29.9 Å². The normalized spacial score (nSPS) is 18.7. The minimum atomic E-state index is -4.49. The topological polar surface area (TPSA) is 105 Å². The third-order valence-corrected chi connectivity index (χ3v) is 8.08. The molecule has 0 saturated carbocycles. The number of ether oxygens (including phenoxy) is 3. The molecular formula is C23H22BrF3O8S. The fraction of sp³-hybridized carbons (Fsp3) is 0.391. The molecule has 0 aromatic heterocycles. The number of fused-ring (bicyclic) bond motifs is 1. The second kappa shape index (κ2) is 10.3. The highest BCUT2D eigenvalue weighted by atomic mass is 79.9. The maximum atomic E-state index is 13.0. The van der Waals surface area contributed by atoms with Gasteiger partial charge >= 0.3 is 28.2 Å². The highest BCUT2D eigenvalue weighted by molar-refractivity contribution is 9.09. The Morgan fingerprint density at radius 2 is 1.61 bits per heavy atom. The van der Waals surface area contributed by atoms with Gasteiger partial charge in [-0.25, -0.2) is 0 Å². The van der Waals surface area contributed by atoms with Gasteiger partial charge in [-0.3, -0.25) is 9.59 Å². The van der Waals surface area contributed by atoms with Crippen LogP contribution in [0.5, 0.6) is 11.5 Å². The first-order chi connectivity index (χ1) is 16.8. The van der Waals surface area contributed by atoms with Crippen LogP contribution in [0.4, 0.5) is 13.2 Å². The largest absolute Gasteiger partial charge is 0.470 e. The molecule has 0 radical (unpaired) electrons. The Kier molecular flexibility index (Phi) is 7.94. The summed E-state index contributed by atoms with van der Waals surface area (Å²) in [7, 11) is -2.11. The van der Waals surface area contributed by atoms with E-state index in [0.717, 1.165) is 14.2 Å². The molecule has 1 aliphatic carbocycles. The predicted octanol–water partition coefficient (Wildman–Crippen LogP) is 4.25. The zero-order chi connectivity index (χ0) is 26.8. The average molecular weight is 595 g/mol. The Balaban J connectivity index is 1.95. The van der Waals surface area contributed by atoms with Crippen LogP contribution in [0.2, 0.25) is 0 Å². The molecule has 1 atom stereocenters. The van der Waals surface area contributed by atoms with Crippen LogP contribution >= 0.6 is 15.9 Å². The van der Waals surface area contributed by atoms with Crippen molar-refractivity contribution in [3.05, 3.63) is 59.7 Å². The molecule has 13 heteroatoms. The molecule has 36 heavy (non-hydrogen) atoms. The summed E-state index contributed by atoms with van der Waals surface area (Å²) in [4.78, 5) is 26.0. The highest BCUT2D eigenvalue weighted by Gasteiger charge is 2.70. The molecule has 8 nitrogen and oxygen atoms in total. The molecular weight excluding hydrogens is 573 g/mol. The standard InChI is InChI=1S/C23H22BrF3O8S/c1-32-19(28)21(20(29)33-2)14-15-7-3-4-10-18(15)23(21,24)34-16-8-5-9-17(13-16)35-36(30,31)12-6-11-22(25,26)27/h3-5,7-10,13H,6,11-12,14H2,1-2H3. The van der Waals surface area contributed by atoms with Gasteiger partial charge in [-0.2, -0.15) is 21.6 Å². The van der Waals surface area contributed by atoms with E-state index in [1.807, 2.05) is 0 Å². The number of hydrogen-bond acceptors (Lipinski definition) is 8. The number of carbonyl (C=O) groups excluding carboxylic acids is 2. The van der Waals surface area contributed by atoms with E-state index < -0.39 is 56.8 Å². The summed E-state index contributed by atoms with van der Waals surface area (Å²) in [6.07, 6.45) is -6.54. The summed E-state index contributed by atoms with van der Waals surface area (Å²) < 4.78 is 80.5. The minimum Gasteiger partial charge on any atom is -0.470 e. The lowest BCUT2D eigenvalue weighted by molar-refractivity contribution is -0.178. The summed E-state index contributed by atoms with van der Waals surface area (Å²) in [6, 6.07) is 12.0. The molecule has 0 N–H and O–H groups in total. The van der Waals surface area contributed by atoms with Gasteiger partial charge in [-0.15, -0.1) is 0 Å². The van der Waals surface area contributed by atoms with Gasteiger partial charge in [-0.05, 0) is 40.0 Å². The molecule has 0 spiro atoms. The van der Waals surface area contributed by atoms with Gasteiger partial charge in [-0.1, -0.05) is 30.3 Å². The van der Waals surface area contributed by atoms with E-state index in [1.54, 1.807) is 24.3 Å². The van der Waals surface area contributed by atoms with Gasteiger partial charge in [0.05, 0.1) is 20.0 Å². The van der Waals surface area contributed by atoms with Crippen LogP contribution in [0.25, 0.3) is 0 Å². The van der Waals surface area contributed by atoms with Crippen LogP contribution in [0, 0.1) is 5.41 Å².